The molecule has 0 saturated heterocycles. The lowest BCUT2D eigenvalue weighted by atomic mass is 9.94. The molecule has 0 spiro atoms. The van der Waals surface area contributed by atoms with Gasteiger partial charge in [0.1, 0.15) is 0 Å². The topological polar surface area (TPSA) is 17.1 Å². The van der Waals surface area contributed by atoms with Gasteiger partial charge in [0.05, 0.1) is 5.02 Å². The van der Waals surface area contributed by atoms with E-state index in [1.54, 1.807) is 12.1 Å². The Morgan fingerprint density at radius 1 is 0.667 bits per heavy atom. The van der Waals surface area contributed by atoms with Crippen LogP contribution in [0.5, 0.6) is 0 Å². The third kappa shape index (κ3) is 2.74. The van der Waals surface area contributed by atoms with Gasteiger partial charge in [0.2, 0.25) is 0 Å². The lowest BCUT2D eigenvalue weighted by Crippen LogP contribution is -2.04. The van der Waals surface area contributed by atoms with Gasteiger partial charge in [0.25, 0.3) is 0 Å². The molecule has 3 aromatic carbocycles. The summed E-state index contributed by atoms with van der Waals surface area (Å²) in [5.41, 5.74) is 3.14. The highest BCUT2D eigenvalue weighted by Gasteiger charge is 2.16. The van der Waals surface area contributed by atoms with Gasteiger partial charge in [-0.2, -0.15) is 0 Å². The zero-order valence-electron chi connectivity index (χ0n) is 11.3. The molecule has 102 valence electrons. The Morgan fingerprint density at radius 3 is 1.95 bits per heavy atom. The molecular formula is C19H13ClO. The monoisotopic (exact) mass is 292 g/mol. The fourth-order valence-corrected chi connectivity index (χ4v) is 2.56. The van der Waals surface area contributed by atoms with Crippen molar-refractivity contribution in [2.45, 2.75) is 0 Å². The predicted octanol–water partition coefficient (Wildman–Crippen LogP) is 5.24. The van der Waals surface area contributed by atoms with E-state index in [0.29, 0.717) is 16.1 Å². The Morgan fingerprint density at radius 2 is 1.24 bits per heavy atom. The predicted molar refractivity (Wildman–Crippen MR) is 86.8 cm³/mol. The van der Waals surface area contributed by atoms with Crippen LogP contribution >= 0.6 is 11.6 Å². The molecule has 0 atom stereocenters. The molecule has 3 rings (SSSR count). The van der Waals surface area contributed by atoms with E-state index in [0.717, 1.165) is 11.1 Å². The van der Waals surface area contributed by atoms with E-state index in [1.165, 1.54) is 0 Å². The summed E-state index contributed by atoms with van der Waals surface area (Å²) >= 11 is 6.15. The molecule has 0 fully saturated rings. The number of hydrogen-bond acceptors (Lipinski definition) is 1. The SMILES string of the molecule is O=C(c1ccccc1Cl)c1ccccc1-c1ccccc1. The molecule has 0 aromatic heterocycles. The molecule has 0 heterocycles. The Balaban J connectivity index is 2.12. The molecule has 0 radical (unpaired) electrons. The van der Waals surface area contributed by atoms with Crippen LogP contribution in [0.1, 0.15) is 15.9 Å². The first kappa shape index (κ1) is 13.6. The van der Waals surface area contributed by atoms with Crippen molar-refractivity contribution in [2.24, 2.45) is 0 Å². The maximum absolute atomic E-state index is 12.8. The Labute approximate surface area is 128 Å². The number of benzene rings is 3. The van der Waals surface area contributed by atoms with Crippen molar-refractivity contribution in [1.29, 1.82) is 0 Å². The molecular weight excluding hydrogens is 280 g/mol. The fourth-order valence-electron chi connectivity index (χ4n) is 2.34. The van der Waals surface area contributed by atoms with E-state index in [4.69, 9.17) is 11.6 Å². The number of carbonyl (C=O) groups is 1. The van der Waals surface area contributed by atoms with E-state index in [2.05, 4.69) is 0 Å². The molecule has 0 aliphatic heterocycles. The highest BCUT2D eigenvalue weighted by Crippen LogP contribution is 2.27. The minimum absolute atomic E-state index is 0.0555. The Bertz CT molecular complexity index is 778. The Hall–Kier alpha value is -2.38. The third-order valence-corrected chi connectivity index (χ3v) is 3.70. The van der Waals surface area contributed by atoms with Gasteiger partial charge in [0, 0.05) is 11.1 Å². The average molecular weight is 293 g/mol. The molecule has 0 saturated carbocycles. The normalized spacial score (nSPS) is 10.3. The minimum Gasteiger partial charge on any atom is -0.289 e. The van der Waals surface area contributed by atoms with Gasteiger partial charge in [-0.05, 0) is 23.3 Å². The van der Waals surface area contributed by atoms with Crippen molar-refractivity contribution in [1.82, 2.24) is 0 Å². The summed E-state index contributed by atoms with van der Waals surface area (Å²) in [5.74, 6) is -0.0555. The van der Waals surface area contributed by atoms with Gasteiger partial charge in [-0.25, -0.2) is 0 Å². The molecule has 0 aliphatic carbocycles. The van der Waals surface area contributed by atoms with Crippen LogP contribution in [-0.4, -0.2) is 5.78 Å². The molecule has 1 nitrogen and oxygen atoms in total. The van der Waals surface area contributed by atoms with Crippen molar-refractivity contribution in [3.05, 3.63) is 95.0 Å². The second-order valence-corrected chi connectivity index (χ2v) is 5.13. The van der Waals surface area contributed by atoms with E-state index < -0.39 is 0 Å². The molecule has 0 bridgehead atoms. The number of carbonyl (C=O) groups excluding carboxylic acids is 1. The van der Waals surface area contributed by atoms with Gasteiger partial charge in [-0.1, -0.05) is 78.3 Å². The maximum Gasteiger partial charge on any atom is 0.195 e. The van der Waals surface area contributed by atoms with Crippen LogP contribution in [0.3, 0.4) is 0 Å². The zero-order valence-corrected chi connectivity index (χ0v) is 12.0. The van der Waals surface area contributed by atoms with Crippen LogP contribution in [0, 0.1) is 0 Å². The van der Waals surface area contributed by atoms with Gasteiger partial charge in [-0.15, -0.1) is 0 Å². The zero-order chi connectivity index (χ0) is 14.7. The van der Waals surface area contributed by atoms with Crippen molar-refractivity contribution in [3.8, 4) is 11.1 Å². The lowest BCUT2D eigenvalue weighted by molar-refractivity contribution is 0.103. The molecule has 2 heteroatoms. The van der Waals surface area contributed by atoms with Crippen LogP contribution in [0.25, 0.3) is 11.1 Å². The van der Waals surface area contributed by atoms with Gasteiger partial charge < -0.3 is 0 Å². The summed E-state index contributed by atoms with van der Waals surface area (Å²) in [7, 11) is 0. The molecule has 0 amide bonds. The van der Waals surface area contributed by atoms with E-state index in [-0.39, 0.29) is 5.78 Å². The van der Waals surface area contributed by atoms with Gasteiger partial charge >= 0.3 is 0 Å². The van der Waals surface area contributed by atoms with Gasteiger partial charge in [0.15, 0.2) is 5.78 Å². The average Bonchev–Trinajstić information content (AvgIpc) is 2.55. The van der Waals surface area contributed by atoms with Crippen molar-refractivity contribution in [3.63, 3.8) is 0 Å². The van der Waals surface area contributed by atoms with Gasteiger partial charge in [-0.3, -0.25) is 4.79 Å². The lowest BCUT2D eigenvalue weighted by Gasteiger charge is -2.10. The molecule has 21 heavy (non-hydrogen) atoms. The molecule has 0 unspecified atom stereocenters. The van der Waals surface area contributed by atoms with Crippen LogP contribution in [0.4, 0.5) is 0 Å². The first-order valence-electron chi connectivity index (χ1n) is 6.71. The first-order chi connectivity index (χ1) is 10.3. The van der Waals surface area contributed by atoms with Crippen molar-refractivity contribution < 1.29 is 4.79 Å². The molecule has 0 aliphatic rings. The fraction of sp³-hybridized carbons (Fsp3) is 0. The van der Waals surface area contributed by atoms with Crippen LogP contribution < -0.4 is 0 Å². The van der Waals surface area contributed by atoms with E-state index >= 15 is 0 Å². The van der Waals surface area contributed by atoms with E-state index in [9.17, 15) is 4.79 Å². The number of ketones is 1. The third-order valence-electron chi connectivity index (χ3n) is 3.37. The van der Waals surface area contributed by atoms with Crippen LogP contribution in [0.2, 0.25) is 5.02 Å². The van der Waals surface area contributed by atoms with Crippen molar-refractivity contribution >= 4 is 17.4 Å². The standard InChI is InChI=1S/C19H13ClO/c20-18-13-7-6-12-17(18)19(21)16-11-5-4-10-15(16)14-8-2-1-3-9-14/h1-13H. The summed E-state index contributed by atoms with van der Waals surface area (Å²) in [6, 6.07) is 24.6. The molecule has 0 N–H and O–H groups in total. The Kier molecular flexibility index (Phi) is 3.85. The van der Waals surface area contributed by atoms with Crippen molar-refractivity contribution in [2.75, 3.05) is 0 Å². The maximum atomic E-state index is 12.8. The second-order valence-electron chi connectivity index (χ2n) is 4.72. The smallest absolute Gasteiger partial charge is 0.195 e. The highest BCUT2D eigenvalue weighted by molar-refractivity contribution is 6.35. The highest BCUT2D eigenvalue weighted by atomic mass is 35.5. The van der Waals surface area contributed by atoms with E-state index in [1.807, 2.05) is 66.7 Å². The summed E-state index contributed by atoms with van der Waals surface area (Å²) < 4.78 is 0. The number of hydrogen-bond donors (Lipinski definition) is 0. The largest absolute Gasteiger partial charge is 0.289 e. The first-order valence-corrected chi connectivity index (χ1v) is 7.09. The summed E-state index contributed by atoms with van der Waals surface area (Å²) in [6.07, 6.45) is 0. The quantitative estimate of drug-likeness (QED) is 0.603. The number of halogens is 1. The minimum atomic E-state index is -0.0555. The summed E-state index contributed by atoms with van der Waals surface area (Å²) in [4.78, 5) is 12.8. The van der Waals surface area contributed by atoms with Crippen LogP contribution in [0.15, 0.2) is 78.9 Å². The second kappa shape index (κ2) is 5.94. The summed E-state index contributed by atoms with van der Waals surface area (Å²) in [6.45, 7) is 0. The number of rotatable bonds is 3. The molecule has 3 aromatic rings. The van der Waals surface area contributed by atoms with Crippen LogP contribution in [-0.2, 0) is 0 Å². The summed E-state index contributed by atoms with van der Waals surface area (Å²) in [5, 5.41) is 0.477.